The van der Waals surface area contributed by atoms with Crippen molar-refractivity contribution in [3.63, 3.8) is 0 Å². The molecule has 0 saturated carbocycles. The molecule has 2 N–H and O–H groups in total. The third kappa shape index (κ3) is 4.80. The number of halogens is 6. The molecule has 0 spiro atoms. The first kappa shape index (κ1) is 25.3. The van der Waals surface area contributed by atoms with Crippen molar-refractivity contribution in [2.24, 2.45) is 0 Å². The number of anilines is 2. The maximum atomic E-state index is 14.9. The molecule has 1 aliphatic rings. The number of aromatic amines is 1. The first-order valence-corrected chi connectivity index (χ1v) is 11.2. The van der Waals surface area contributed by atoms with Gasteiger partial charge in [0, 0.05) is 37.5 Å². The van der Waals surface area contributed by atoms with Crippen LogP contribution in [0.4, 0.5) is 38.1 Å². The van der Waals surface area contributed by atoms with Crippen LogP contribution in [0.3, 0.4) is 0 Å². The van der Waals surface area contributed by atoms with Crippen LogP contribution in [-0.4, -0.2) is 37.8 Å². The smallest absolute Gasteiger partial charge is 0.359 e. The third-order valence-corrected chi connectivity index (χ3v) is 6.01. The highest BCUT2D eigenvalue weighted by molar-refractivity contribution is 5.91. The number of piperidine rings is 1. The normalized spacial score (nSPS) is 16.3. The number of benzene rings is 1. The average molecular weight is 541 g/mol. The van der Waals surface area contributed by atoms with Crippen molar-refractivity contribution in [3.8, 4) is 0 Å². The number of aromatic nitrogens is 5. The van der Waals surface area contributed by atoms with Crippen molar-refractivity contribution >= 4 is 22.7 Å². The highest BCUT2D eigenvalue weighted by atomic mass is 19.4. The molecule has 10 nitrogen and oxygen atoms in total. The van der Waals surface area contributed by atoms with E-state index in [0.717, 1.165) is 0 Å². The van der Waals surface area contributed by atoms with Crippen molar-refractivity contribution < 1.29 is 30.9 Å². The lowest BCUT2D eigenvalue weighted by Crippen LogP contribution is -2.42. The molecule has 1 unspecified atom stereocenters. The fraction of sp³-hybridized carbons (Fsp3) is 0.318. The fourth-order valence-corrected chi connectivity index (χ4v) is 4.27. The summed E-state index contributed by atoms with van der Waals surface area (Å²) >= 11 is 0. The molecule has 200 valence electrons. The van der Waals surface area contributed by atoms with E-state index in [1.165, 1.54) is 16.8 Å². The molecule has 5 rings (SSSR count). The molecule has 0 amide bonds. The van der Waals surface area contributed by atoms with Crippen LogP contribution in [0.15, 0.2) is 38.5 Å². The first-order chi connectivity index (χ1) is 18.0. The van der Waals surface area contributed by atoms with Crippen molar-refractivity contribution in [2.45, 2.75) is 31.6 Å². The third-order valence-electron chi connectivity index (χ3n) is 6.01. The molecular formula is C22H17F6N7O3. The second-order valence-electron chi connectivity index (χ2n) is 8.54. The van der Waals surface area contributed by atoms with E-state index in [1.54, 1.807) is 4.90 Å². The molecule has 0 radical (unpaired) electrons. The zero-order chi connectivity index (χ0) is 27.2. The summed E-state index contributed by atoms with van der Waals surface area (Å²) < 4.78 is 87.5. The standard InChI is InChI=1S/C22H17F6N7O3/c23-12-7-13-16(18(25)17(12)24)19(32-20(30-13)29-8-11-6-14(33-38-11)22(26,27)28)34-4-1-2-10(9-34)35-5-3-15(36)31-21(35)37/h3,5-7,10H,1-2,4,8-9H2,(H,29,30,32)(H,31,36,37). The lowest BCUT2D eigenvalue weighted by Gasteiger charge is -2.35. The van der Waals surface area contributed by atoms with Gasteiger partial charge in [-0.3, -0.25) is 14.3 Å². The Bertz CT molecular complexity index is 1630. The molecular weight excluding hydrogens is 524 g/mol. The topological polar surface area (TPSA) is 122 Å². The molecule has 1 aliphatic heterocycles. The highest BCUT2D eigenvalue weighted by Crippen LogP contribution is 2.34. The van der Waals surface area contributed by atoms with Crippen LogP contribution in [0.25, 0.3) is 10.9 Å². The molecule has 0 aliphatic carbocycles. The summed E-state index contributed by atoms with van der Waals surface area (Å²) in [6, 6.07) is 2.04. The Labute approximate surface area is 207 Å². The van der Waals surface area contributed by atoms with Gasteiger partial charge in [-0.15, -0.1) is 0 Å². The zero-order valence-electron chi connectivity index (χ0n) is 19.2. The highest BCUT2D eigenvalue weighted by Gasteiger charge is 2.35. The Balaban J connectivity index is 1.51. The molecule has 38 heavy (non-hydrogen) atoms. The van der Waals surface area contributed by atoms with E-state index < -0.39 is 52.0 Å². The minimum Gasteiger partial charge on any atom is -0.359 e. The van der Waals surface area contributed by atoms with Gasteiger partial charge in [-0.1, -0.05) is 5.16 Å². The summed E-state index contributed by atoms with van der Waals surface area (Å²) in [7, 11) is 0. The van der Waals surface area contributed by atoms with E-state index in [2.05, 4.69) is 29.9 Å². The average Bonchev–Trinajstić information content (AvgIpc) is 3.36. The van der Waals surface area contributed by atoms with Gasteiger partial charge in [0.25, 0.3) is 5.56 Å². The number of hydrogen-bond acceptors (Lipinski definition) is 8. The maximum absolute atomic E-state index is 14.9. The molecule has 16 heteroatoms. The molecule has 4 heterocycles. The summed E-state index contributed by atoms with van der Waals surface area (Å²) in [6.07, 6.45) is -2.38. The zero-order valence-corrected chi connectivity index (χ0v) is 19.2. The van der Waals surface area contributed by atoms with Crippen molar-refractivity contribution in [1.82, 2.24) is 24.7 Å². The van der Waals surface area contributed by atoms with E-state index in [-0.39, 0.29) is 36.1 Å². The molecule has 3 aromatic heterocycles. The lowest BCUT2D eigenvalue weighted by atomic mass is 10.0. The number of nitrogens with one attached hydrogen (secondary N) is 2. The number of nitrogens with zero attached hydrogens (tertiary/aromatic N) is 5. The molecule has 1 atom stereocenters. The predicted octanol–water partition coefficient (Wildman–Crippen LogP) is 3.36. The number of alkyl halides is 3. The largest absolute Gasteiger partial charge is 0.436 e. The van der Waals surface area contributed by atoms with Crippen LogP contribution in [-0.2, 0) is 12.7 Å². The number of hydrogen-bond donors (Lipinski definition) is 2. The van der Waals surface area contributed by atoms with Gasteiger partial charge in [0.05, 0.1) is 23.5 Å². The Morgan fingerprint density at radius 2 is 1.92 bits per heavy atom. The van der Waals surface area contributed by atoms with Gasteiger partial charge in [-0.05, 0) is 12.8 Å². The van der Waals surface area contributed by atoms with Crippen LogP contribution in [0, 0.1) is 17.5 Å². The van der Waals surface area contributed by atoms with E-state index in [1.807, 2.05) is 0 Å². The fourth-order valence-electron chi connectivity index (χ4n) is 4.27. The summed E-state index contributed by atoms with van der Waals surface area (Å²) in [5, 5.41) is 5.15. The number of fused-ring (bicyclic) bond motifs is 1. The molecule has 0 bridgehead atoms. The van der Waals surface area contributed by atoms with Gasteiger partial charge in [0.1, 0.15) is 5.82 Å². The van der Waals surface area contributed by atoms with Crippen LogP contribution >= 0.6 is 0 Å². The van der Waals surface area contributed by atoms with Gasteiger partial charge in [0.2, 0.25) is 5.95 Å². The van der Waals surface area contributed by atoms with Crippen LogP contribution in [0.1, 0.15) is 30.3 Å². The van der Waals surface area contributed by atoms with Crippen molar-refractivity contribution in [3.05, 3.63) is 74.1 Å². The minimum atomic E-state index is -4.72. The van der Waals surface area contributed by atoms with Crippen LogP contribution in [0.2, 0.25) is 0 Å². The summed E-state index contributed by atoms with van der Waals surface area (Å²) in [4.78, 5) is 35.7. The lowest BCUT2D eigenvalue weighted by molar-refractivity contribution is -0.142. The second-order valence-corrected chi connectivity index (χ2v) is 8.54. The predicted molar refractivity (Wildman–Crippen MR) is 120 cm³/mol. The van der Waals surface area contributed by atoms with E-state index in [4.69, 9.17) is 0 Å². The summed E-state index contributed by atoms with van der Waals surface area (Å²) in [6.45, 7) is 0.0399. The molecule has 1 saturated heterocycles. The molecule has 1 aromatic carbocycles. The van der Waals surface area contributed by atoms with Gasteiger partial charge in [-0.2, -0.15) is 18.2 Å². The van der Waals surface area contributed by atoms with E-state index in [0.29, 0.717) is 31.5 Å². The van der Waals surface area contributed by atoms with Crippen LogP contribution in [0.5, 0.6) is 0 Å². The Kier molecular flexibility index (Phi) is 6.32. The van der Waals surface area contributed by atoms with Gasteiger partial charge >= 0.3 is 11.9 Å². The molecule has 1 fully saturated rings. The number of H-pyrrole nitrogens is 1. The molecule has 4 aromatic rings. The second kappa shape index (κ2) is 9.50. The quantitative estimate of drug-likeness (QED) is 0.292. The monoisotopic (exact) mass is 541 g/mol. The summed E-state index contributed by atoms with van der Waals surface area (Å²) in [5.41, 5.74) is -2.77. The van der Waals surface area contributed by atoms with Gasteiger partial charge < -0.3 is 14.7 Å². The van der Waals surface area contributed by atoms with Crippen molar-refractivity contribution in [2.75, 3.05) is 23.3 Å². The minimum absolute atomic E-state index is 0.0903. The Hall–Kier alpha value is -4.37. The SMILES string of the molecule is O=c1ccn(C2CCCN(c3nc(NCc4cc(C(F)(F)F)no4)nc4cc(F)c(F)c(F)c34)C2)c(=O)[nH]1. The van der Waals surface area contributed by atoms with Crippen molar-refractivity contribution in [1.29, 1.82) is 0 Å². The number of rotatable bonds is 5. The van der Waals surface area contributed by atoms with E-state index >= 15 is 0 Å². The van der Waals surface area contributed by atoms with Gasteiger partial charge in [0.15, 0.2) is 28.9 Å². The van der Waals surface area contributed by atoms with Crippen LogP contribution < -0.4 is 21.5 Å². The Morgan fingerprint density at radius 3 is 2.63 bits per heavy atom. The Morgan fingerprint density at radius 1 is 1.13 bits per heavy atom. The summed E-state index contributed by atoms with van der Waals surface area (Å²) in [5.74, 6) is -5.30. The first-order valence-electron chi connectivity index (χ1n) is 11.2. The van der Waals surface area contributed by atoms with Gasteiger partial charge in [-0.25, -0.2) is 22.9 Å². The maximum Gasteiger partial charge on any atom is 0.436 e. The van der Waals surface area contributed by atoms with E-state index in [9.17, 15) is 35.9 Å².